The van der Waals surface area contributed by atoms with Gasteiger partial charge in [0.15, 0.2) is 5.78 Å². The first-order chi connectivity index (χ1) is 16.8. The Balaban J connectivity index is 2.10. The molecule has 3 rings (SSSR count). The summed E-state index contributed by atoms with van der Waals surface area (Å²) >= 11 is 0. The number of anilines is 1. The zero-order valence-corrected chi connectivity index (χ0v) is 20.4. The highest BCUT2D eigenvalue weighted by Gasteiger charge is 2.24. The fourth-order valence-electron chi connectivity index (χ4n) is 3.92. The molecule has 3 aromatic rings. The second-order valence-corrected chi connectivity index (χ2v) is 8.93. The van der Waals surface area contributed by atoms with E-state index in [9.17, 15) is 34.5 Å². The zero-order valence-electron chi connectivity index (χ0n) is 20.4. The topological polar surface area (TPSA) is 141 Å². The molecule has 0 radical (unpaired) electrons. The van der Waals surface area contributed by atoms with Crippen LogP contribution in [0.2, 0.25) is 0 Å². The number of benzene rings is 3. The van der Waals surface area contributed by atoms with Crippen LogP contribution in [0.15, 0.2) is 54.6 Å². The van der Waals surface area contributed by atoms with Crippen molar-refractivity contribution in [3.8, 4) is 11.1 Å². The number of carboxylic acid groups (broad SMARTS) is 2. The van der Waals surface area contributed by atoms with Gasteiger partial charge in [-0.05, 0) is 74.2 Å². The van der Waals surface area contributed by atoms with E-state index in [1.54, 1.807) is 26.0 Å². The minimum absolute atomic E-state index is 0.000791. The van der Waals surface area contributed by atoms with E-state index < -0.39 is 29.2 Å². The van der Waals surface area contributed by atoms with Crippen LogP contribution in [0, 0.1) is 0 Å². The molecule has 0 atom stereocenters. The van der Waals surface area contributed by atoms with E-state index in [0.717, 1.165) is 12.0 Å². The summed E-state index contributed by atoms with van der Waals surface area (Å²) in [5, 5.41) is 32.4. The van der Waals surface area contributed by atoms with E-state index >= 15 is 0 Å². The number of rotatable bonds is 8. The zero-order chi connectivity index (χ0) is 26.8. The predicted octanol–water partition coefficient (Wildman–Crippen LogP) is 4.99. The van der Waals surface area contributed by atoms with Crippen LogP contribution in [-0.4, -0.2) is 38.9 Å². The number of nitrogens with one attached hydrogen (secondary N) is 1. The lowest BCUT2D eigenvalue weighted by Crippen LogP contribution is -2.22. The molecule has 0 aliphatic rings. The normalized spacial score (nSPS) is 11.1. The molecule has 3 aromatic carbocycles. The molecule has 8 heteroatoms. The number of hydrogen-bond donors (Lipinski definition) is 4. The summed E-state index contributed by atoms with van der Waals surface area (Å²) in [6.07, 6.45) is 0.728. The standard InChI is InChI=1S/C28H27NO7/c1-5-16-6-11-24(23(12-16)28(3,4)36)29-25(31)22-14-18(8-10-20(22)27(34)35)17-7-9-19(26(32)33)21(13-17)15(2)30/h6-14,36H,5H2,1-4H3,(H,29,31)(H,32,33)(H,34,35). The van der Waals surface area contributed by atoms with Crippen molar-refractivity contribution in [2.45, 2.75) is 39.7 Å². The first kappa shape index (κ1) is 26.3. The van der Waals surface area contributed by atoms with E-state index in [2.05, 4.69) is 5.32 Å². The molecular weight excluding hydrogens is 462 g/mol. The Morgan fingerprint density at radius 1 is 0.778 bits per heavy atom. The molecule has 0 aliphatic heterocycles. The van der Waals surface area contributed by atoms with Gasteiger partial charge in [0.1, 0.15) is 0 Å². The van der Waals surface area contributed by atoms with Crippen LogP contribution < -0.4 is 5.32 Å². The number of amides is 1. The van der Waals surface area contributed by atoms with Crippen molar-refractivity contribution in [2.75, 3.05) is 5.32 Å². The van der Waals surface area contributed by atoms with Gasteiger partial charge in [-0.1, -0.05) is 31.2 Å². The van der Waals surface area contributed by atoms with Gasteiger partial charge in [0, 0.05) is 16.8 Å². The molecule has 0 saturated heterocycles. The molecule has 1 amide bonds. The van der Waals surface area contributed by atoms with E-state index in [1.165, 1.54) is 43.3 Å². The van der Waals surface area contributed by atoms with E-state index in [1.807, 2.05) is 13.0 Å². The SMILES string of the molecule is CCc1ccc(NC(=O)c2cc(-c3ccc(C(=O)O)c(C(C)=O)c3)ccc2C(=O)O)c(C(C)(C)O)c1. The highest BCUT2D eigenvalue weighted by atomic mass is 16.4. The van der Waals surface area contributed by atoms with Gasteiger partial charge in [-0.15, -0.1) is 0 Å². The maximum absolute atomic E-state index is 13.3. The van der Waals surface area contributed by atoms with E-state index in [4.69, 9.17) is 0 Å². The quantitative estimate of drug-likeness (QED) is 0.327. The average Bonchev–Trinajstić information content (AvgIpc) is 2.82. The highest BCUT2D eigenvalue weighted by Crippen LogP contribution is 2.31. The molecule has 0 fully saturated rings. The second kappa shape index (κ2) is 10.1. The van der Waals surface area contributed by atoms with E-state index in [0.29, 0.717) is 22.4 Å². The number of aryl methyl sites for hydroxylation is 1. The lowest BCUT2D eigenvalue weighted by atomic mass is 9.93. The van der Waals surface area contributed by atoms with Gasteiger partial charge < -0.3 is 20.6 Å². The monoisotopic (exact) mass is 489 g/mol. The van der Waals surface area contributed by atoms with Gasteiger partial charge in [-0.3, -0.25) is 9.59 Å². The van der Waals surface area contributed by atoms with Crippen molar-refractivity contribution < 1.29 is 34.5 Å². The van der Waals surface area contributed by atoms with Crippen LogP contribution in [0.4, 0.5) is 5.69 Å². The number of carbonyl (C=O) groups is 4. The maximum Gasteiger partial charge on any atom is 0.336 e. The van der Waals surface area contributed by atoms with Crippen LogP contribution in [0.25, 0.3) is 11.1 Å². The Kier molecular flexibility index (Phi) is 7.40. The first-order valence-corrected chi connectivity index (χ1v) is 11.3. The third kappa shape index (κ3) is 5.50. The minimum atomic E-state index is -1.30. The van der Waals surface area contributed by atoms with Crippen molar-refractivity contribution in [3.05, 3.63) is 88.0 Å². The largest absolute Gasteiger partial charge is 0.478 e. The molecular formula is C28H27NO7. The fraction of sp³-hybridized carbons (Fsp3) is 0.214. The van der Waals surface area contributed by atoms with Crippen molar-refractivity contribution in [3.63, 3.8) is 0 Å². The smallest absolute Gasteiger partial charge is 0.336 e. The number of aliphatic hydroxyl groups is 1. The molecule has 186 valence electrons. The summed E-state index contributed by atoms with van der Waals surface area (Å²) in [7, 11) is 0. The van der Waals surface area contributed by atoms with Crippen LogP contribution >= 0.6 is 0 Å². The Hall–Kier alpha value is -4.30. The Morgan fingerprint density at radius 3 is 1.78 bits per heavy atom. The van der Waals surface area contributed by atoms with Crippen molar-refractivity contribution in [2.24, 2.45) is 0 Å². The second-order valence-electron chi connectivity index (χ2n) is 8.93. The molecule has 0 aliphatic carbocycles. The lowest BCUT2D eigenvalue weighted by Gasteiger charge is -2.23. The van der Waals surface area contributed by atoms with Crippen molar-refractivity contribution in [1.82, 2.24) is 0 Å². The van der Waals surface area contributed by atoms with Crippen molar-refractivity contribution in [1.29, 1.82) is 0 Å². The minimum Gasteiger partial charge on any atom is -0.478 e. The number of carbonyl (C=O) groups excluding carboxylic acids is 2. The summed E-state index contributed by atoms with van der Waals surface area (Å²) in [6, 6.07) is 13.6. The van der Waals surface area contributed by atoms with Gasteiger partial charge in [0.2, 0.25) is 0 Å². The lowest BCUT2D eigenvalue weighted by molar-refractivity contribution is 0.0683. The fourth-order valence-corrected chi connectivity index (χ4v) is 3.92. The summed E-state index contributed by atoms with van der Waals surface area (Å²) in [5.41, 5.74) is 0.877. The highest BCUT2D eigenvalue weighted by molar-refractivity contribution is 6.12. The average molecular weight is 490 g/mol. The number of ketones is 1. The summed E-state index contributed by atoms with van der Waals surface area (Å²) in [6.45, 7) is 6.40. The Bertz CT molecular complexity index is 1380. The molecule has 8 nitrogen and oxygen atoms in total. The van der Waals surface area contributed by atoms with Crippen LogP contribution in [0.3, 0.4) is 0 Å². The molecule has 0 bridgehead atoms. The van der Waals surface area contributed by atoms with Crippen LogP contribution in [0.5, 0.6) is 0 Å². The molecule has 36 heavy (non-hydrogen) atoms. The van der Waals surface area contributed by atoms with Gasteiger partial charge in [-0.25, -0.2) is 9.59 Å². The Morgan fingerprint density at radius 2 is 1.31 bits per heavy atom. The molecule has 0 heterocycles. The molecule has 0 unspecified atom stereocenters. The first-order valence-electron chi connectivity index (χ1n) is 11.3. The van der Waals surface area contributed by atoms with Crippen LogP contribution in [0.1, 0.15) is 80.3 Å². The molecule has 0 spiro atoms. The summed E-state index contributed by atoms with van der Waals surface area (Å²) in [5.74, 6) is -3.69. The number of Topliss-reactive ketones (excluding diaryl/α,β-unsaturated/α-hetero) is 1. The predicted molar refractivity (Wildman–Crippen MR) is 135 cm³/mol. The summed E-state index contributed by atoms with van der Waals surface area (Å²) < 4.78 is 0. The number of aromatic carboxylic acids is 2. The van der Waals surface area contributed by atoms with Gasteiger partial charge in [0.25, 0.3) is 5.91 Å². The third-order valence-corrected chi connectivity index (χ3v) is 5.86. The summed E-state index contributed by atoms with van der Waals surface area (Å²) in [4.78, 5) is 48.6. The molecule has 0 saturated carbocycles. The number of carboxylic acids is 2. The van der Waals surface area contributed by atoms with Gasteiger partial charge in [-0.2, -0.15) is 0 Å². The van der Waals surface area contributed by atoms with E-state index in [-0.39, 0.29) is 22.3 Å². The third-order valence-electron chi connectivity index (χ3n) is 5.86. The van der Waals surface area contributed by atoms with Gasteiger partial charge >= 0.3 is 11.9 Å². The maximum atomic E-state index is 13.3. The Labute approximate surface area is 208 Å². The van der Waals surface area contributed by atoms with Gasteiger partial charge in [0.05, 0.1) is 22.3 Å². The molecule has 0 aromatic heterocycles. The number of hydrogen-bond acceptors (Lipinski definition) is 5. The van der Waals surface area contributed by atoms with Crippen LogP contribution in [-0.2, 0) is 12.0 Å². The van der Waals surface area contributed by atoms with Crippen molar-refractivity contribution >= 4 is 29.3 Å². The molecule has 4 N–H and O–H groups in total.